The molecule has 20 heavy (non-hydrogen) atoms. The SMILES string of the molecule is CCCNC(CN1CCC(c2ccccc2)C1)C1CC1. The average Bonchev–Trinajstić information content (AvgIpc) is 3.23. The fraction of sp³-hybridized carbons (Fsp3) is 0.667. The van der Waals surface area contributed by atoms with Gasteiger partial charge < -0.3 is 10.2 Å². The van der Waals surface area contributed by atoms with E-state index in [9.17, 15) is 0 Å². The summed E-state index contributed by atoms with van der Waals surface area (Å²) in [7, 11) is 0. The lowest BCUT2D eigenvalue weighted by atomic mass is 9.99. The van der Waals surface area contributed by atoms with Crippen molar-refractivity contribution in [1.29, 1.82) is 0 Å². The van der Waals surface area contributed by atoms with Gasteiger partial charge in [-0.2, -0.15) is 0 Å². The molecule has 1 saturated heterocycles. The van der Waals surface area contributed by atoms with Crippen LogP contribution in [0.3, 0.4) is 0 Å². The molecule has 0 radical (unpaired) electrons. The molecule has 2 atom stereocenters. The molecule has 2 nitrogen and oxygen atoms in total. The minimum absolute atomic E-state index is 0.740. The molecule has 1 saturated carbocycles. The lowest BCUT2D eigenvalue weighted by Gasteiger charge is -2.25. The minimum Gasteiger partial charge on any atom is -0.312 e. The summed E-state index contributed by atoms with van der Waals surface area (Å²) in [4.78, 5) is 2.68. The highest BCUT2D eigenvalue weighted by Crippen LogP contribution is 2.34. The minimum atomic E-state index is 0.740. The van der Waals surface area contributed by atoms with Crippen LogP contribution in [0, 0.1) is 5.92 Å². The normalized spacial score (nSPS) is 24.9. The van der Waals surface area contributed by atoms with E-state index in [1.165, 1.54) is 57.4 Å². The summed E-state index contributed by atoms with van der Waals surface area (Å²) in [5.41, 5.74) is 1.53. The molecule has 3 rings (SSSR count). The lowest BCUT2D eigenvalue weighted by molar-refractivity contribution is 0.272. The van der Waals surface area contributed by atoms with Crippen LogP contribution in [0.25, 0.3) is 0 Å². The Morgan fingerprint density at radius 3 is 2.70 bits per heavy atom. The highest BCUT2D eigenvalue weighted by Gasteiger charge is 2.33. The maximum atomic E-state index is 3.77. The first kappa shape index (κ1) is 14.1. The summed E-state index contributed by atoms with van der Waals surface area (Å²) in [6, 6.07) is 11.8. The molecule has 1 aromatic carbocycles. The van der Waals surface area contributed by atoms with Crippen molar-refractivity contribution in [2.45, 2.75) is 44.6 Å². The van der Waals surface area contributed by atoms with Gasteiger partial charge in [-0.05, 0) is 56.2 Å². The van der Waals surface area contributed by atoms with E-state index in [-0.39, 0.29) is 0 Å². The summed E-state index contributed by atoms with van der Waals surface area (Å²) in [6.07, 6.45) is 5.46. The Bertz CT molecular complexity index is 399. The topological polar surface area (TPSA) is 15.3 Å². The Hall–Kier alpha value is -0.860. The molecule has 1 aliphatic heterocycles. The monoisotopic (exact) mass is 272 g/mol. The quantitative estimate of drug-likeness (QED) is 0.819. The molecule has 0 amide bonds. The van der Waals surface area contributed by atoms with Crippen molar-refractivity contribution in [3.8, 4) is 0 Å². The van der Waals surface area contributed by atoms with E-state index in [0.29, 0.717) is 0 Å². The Labute approximate surface area is 123 Å². The van der Waals surface area contributed by atoms with Gasteiger partial charge in [-0.1, -0.05) is 37.3 Å². The molecular weight excluding hydrogens is 244 g/mol. The number of rotatable bonds is 7. The Kier molecular flexibility index (Phi) is 4.74. The van der Waals surface area contributed by atoms with Crippen LogP contribution in [0.4, 0.5) is 0 Å². The Morgan fingerprint density at radius 1 is 1.20 bits per heavy atom. The molecule has 2 unspecified atom stereocenters. The molecule has 1 aromatic rings. The summed E-state index contributed by atoms with van der Waals surface area (Å²) >= 11 is 0. The van der Waals surface area contributed by atoms with Crippen molar-refractivity contribution in [1.82, 2.24) is 10.2 Å². The average molecular weight is 272 g/mol. The number of benzene rings is 1. The first-order valence-electron chi connectivity index (χ1n) is 8.37. The third kappa shape index (κ3) is 3.62. The van der Waals surface area contributed by atoms with Crippen LogP contribution in [0.1, 0.15) is 44.1 Å². The van der Waals surface area contributed by atoms with Crippen LogP contribution in [0.5, 0.6) is 0 Å². The molecule has 110 valence electrons. The summed E-state index contributed by atoms with van der Waals surface area (Å²) in [5.74, 6) is 1.71. The fourth-order valence-corrected chi connectivity index (χ4v) is 3.48. The van der Waals surface area contributed by atoms with Crippen molar-refractivity contribution >= 4 is 0 Å². The zero-order valence-corrected chi connectivity index (χ0v) is 12.7. The van der Waals surface area contributed by atoms with E-state index in [1.807, 2.05) is 0 Å². The predicted octanol–water partition coefficient (Wildman–Crippen LogP) is 3.25. The molecule has 2 heteroatoms. The van der Waals surface area contributed by atoms with Gasteiger partial charge in [0.15, 0.2) is 0 Å². The molecule has 1 N–H and O–H groups in total. The molecule has 2 fully saturated rings. The van der Waals surface area contributed by atoms with Gasteiger partial charge in [0.1, 0.15) is 0 Å². The second-order valence-electron chi connectivity index (χ2n) is 6.55. The Morgan fingerprint density at radius 2 is 2.00 bits per heavy atom. The zero-order chi connectivity index (χ0) is 13.8. The van der Waals surface area contributed by atoms with E-state index in [1.54, 1.807) is 0 Å². The van der Waals surface area contributed by atoms with E-state index < -0.39 is 0 Å². The van der Waals surface area contributed by atoms with Gasteiger partial charge >= 0.3 is 0 Å². The largest absolute Gasteiger partial charge is 0.312 e. The van der Waals surface area contributed by atoms with Crippen LogP contribution in [-0.4, -0.2) is 37.1 Å². The van der Waals surface area contributed by atoms with Gasteiger partial charge in [0, 0.05) is 19.1 Å². The summed E-state index contributed by atoms with van der Waals surface area (Å²) in [5, 5.41) is 3.77. The van der Waals surface area contributed by atoms with Crippen LogP contribution < -0.4 is 5.32 Å². The fourth-order valence-electron chi connectivity index (χ4n) is 3.48. The molecule has 1 aliphatic carbocycles. The lowest BCUT2D eigenvalue weighted by Crippen LogP contribution is -2.42. The number of hydrogen-bond acceptors (Lipinski definition) is 2. The van der Waals surface area contributed by atoms with Gasteiger partial charge in [0.25, 0.3) is 0 Å². The number of likely N-dealkylation sites (tertiary alicyclic amines) is 1. The third-order valence-corrected chi connectivity index (χ3v) is 4.85. The molecule has 0 bridgehead atoms. The van der Waals surface area contributed by atoms with E-state index >= 15 is 0 Å². The smallest absolute Gasteiger partial charge is 0.0223 e. The van der Waals surface area contributed by atoms with Crippen LogP contribution in [-0.2, 0) is 0 Å². The van der Waals surface area contributed by atoms with Crippen LogP contribution >= 0.6 is 0 Å². The molecule has 1 heterocycles. The van der Waals surface area contributed by atoms with Gasteiger partial charge in [0.05, 0.1) is 0 Å². The standard InChI is InChI=1S/C18H28N2/c1-2-11-19-18(16-8-9-16)14-20-12-10-17(13-20)15-6-4-3-5-7-15/h3-7,16-19H,2,8-14H2,1H3. The van der Waals surface area contributed by atoms with Crippen LogP contribution in [0.15, 0.2) is 30.3 Å². The Balaban J connectivity index is 1.51. The maximum Gasteiger partial charge on any atom is 0.0223 e. The molecule has 0 aromatic heterocycles. The number of nitrogens with zero attached hydrogens (tertiary/aromatic N) is 1. The van der Waals surface area contributed by atoms with E-state index in [2.05, 4.69) is 47.5 Å². The van der Waals surface area contributed by atoms with Gasteiger partial charge in [-0.15, -0.1) is 0 Å². The first-order valence-corrected chi connectivity index (χ1v) is 8.37. The first-order chi connectivity index (χ1) is 9.86. The van der Waals surface area contributed by atoms with Gasteiger partial charge in [-0.3, -0.25) is 0 Å². The zero-order valence-electron chi connectivity index (χ0n) is 12.7. The third-order valence-electron chi connectivity index (χ3n) is 4.85. The van der Waals surface area contributed by atoms with Crippen molar-refractivity contribution in [2.75, 3.05) is 26.2 Å². The molecule has 0 spiro atoms. The van der Waals surface area contributed by atoms with Crippen molar-refractivity contribution in [2.24, 2.45) is 5.92 Å². The molecular formula is C18H28N2. The number of hydrogen-bond donors (Lipinski definition) is 1. The highest BCUT2D eigenvalue weighted by atomic mass is 15.2. The highest BCUT2D eigenvalue weighted by molar-refractivity contribution is 5.21. The van der Waals surface area contributed by atoms with E-state index in [0.717, 1.165) is 17.9 Å². The van der Waals surface area contributed by atoms with Gasteiger partial charge in [-0.25, -0.2) is 0 Å². The van der Waals surface area contributed by atoms with Gasteiger partial charge in [0.2, 0.25) is 0 Å². The van der Waals surface area contributed by atoms with Crippen molar-refractivity contribution in [3.05, 3.63) is 35.9 Å². The predicted molar refractivity (Wildman–Crippen MR) is 85.0 cm³/mol. The van der Waals surface area contributed by atoms with Crippen molar-refractivity contribution < 1.29 is 0 Å². The molecule has 2 aliphatic rings. The van der Waals surface area contributed by atoms with E-state index in [4.69, 9.17) is 0 Å². The van der Waals surface area contributed by atoms with Crippen molar-refractivity contribution in [3.63, 3.8) is 0 Å². The second-order valence-corrected chi connectivity index (χ2v) is 6.55. The second kappa shape index (κ2) is 6.73. The summed E-state index contributed by atoms with van der Waals surface area (Å²) in [6.45, 7) is 7.22. The number of nitrogens with one attached hydrogen (secondary N) is 1. The van der Waals surface area contributed by atoms with Crippen LogP contribution in [0.2, 0.25) is 0 Å². The maximum absolute atomic E-state index is 3.77. The summed E-state index contributed by atoms with van der Waals surface area (Å²) < 4.78 is 0.